The van der Waals surface area contributed by atoms with Crippen molar-refractivity contribution in [3.63, 3.8) is 0 Å². The van der Waals surface area contributed by atoms with Crippen molar-refractivity contribution < 1.29 is 9.18 Å². The molecule has 0 unspecified atom stereocenters. The summed E-state index contributed by atoms with van der Waals surface area (Å²) in [5.41, 5.74) is 3.05. The normalized spacial score (nSPS) is 15.8. The minimum absolute atomic E-state index is 0.0191. The minimum atomic E-state index is -0.225. The van der Waals surface area contributed by atoms with Crippen LogP contribution in [0.2, 0.25) is 0 Å². The van der Waals surface area contributed by atoms with Crippen molar-refractivity contribution in [3.05, 3.63) is 71.0 Å². The molecule has 24 heavy (non-hydrogen) atoms. The molecule has 0 aliphatic heterocycles. The summed E-state index contributed by atoms with van der Waals surface area (Å²) < 4.78 is 13.1. The van der Waals surface area contributed by atoms with E-state index in [0.29, 0.717) is 12.1 Å². The smallest absolute Gasteiger partial charge is 0.251 e. The minimum Gasteiger partial charge on any atom is -0.351 e. The van der Waals surface area contributed by atoms with Gasteiger partial charge < -0.3 is 5.32 Å². The Balaban J connectivity index is 1.64. The van der Waals surface area contributed by atoms with Gasteiger partial charge in [-0.25, -0.2) is 4.39 Å². The first-order valence-corrected chi connectivity index (χ1v) is 8.45. The third-order valence-electron chi connectivity index (χ3n) is 4.91. The zero-order valence-electron chi connectivity index (χ0n) is 14.5. The van der Waals surface area contributed by atoms with Crippen molar-refractivity contribution in [3.8, 4) is 0 Å². The molecule has 0 radical (unpaired) electrons. The Bertz CT molecular complexity index is 722. The fraction of sp³-hybridized carbons (Fsp3) is 0.381. The third-order valence-corrected chi connectivity index (χ3v) is 4.91. The van der Waals surface area contributed by atoms with Crippen LogP contribution in [0.5, 0.6) is 0 Å². The molecule has 1 aliphatic carbocycles. The maximum absolute atomic E-state index is 13.1. The van der Waals surface area contributed by atoms with Crippen LogP contribution in [0, 0.1) is 5.82 Å². The molecule has 0 spiro atoms. The van der Waals surface area contributed by atoms with Gasteiger partial charge in [-0.3, -0.25) is 4.79 Å². The van der Waals surface area contributed by atoms with Crippen LogP contribution in [0.1, 0.15) is 55.1 Å². The van der Waals surface area contributed by atoms with Crippen LogP contribution in [0.15, 0.2) is 48.5 Å². The van der Waals surface area contributed by atoms with E-state index < -0.39 is 0 Å². The molecule has 0 atom stereocenters. The molecule has 3 heteroatoms. The van der Waals surface area contributed by atoms with E-state index in [4.69, 9.17) is 0 Å². The lowest BCUT2D eigenvalue weighted by atomic mass is 9.86. The SMILES string of the molecule is CC(C)(C)c1ccc(C(=O)NCC2(c3ccc(F)cc3)CC2)cc1. The van der Waals surface area contributed by atoms with Crippen LogP contribution in [0.4, 0.5) is 4.39 Å². The molecule has 1 N–H and O–H groups in total. The zero-order chi connectivity index (χ0) is 17.4. The Morgan fingerprint density at radius 2 is 1.62 bits per heavy atom. The maximum atomic E-state index is 13.1. The quantitative estimate of drug-likeness (QED) is 0.875. The average Bonchev–Trinajstić information content (AvgIpc) is 3.34. The molecule has 1 fully saturated rings. The van der Waals surface area contributed by atoms with E-state index in [1.165, 1.54) is 17.7 Å². The topological polar surface area (TPSA) is 29.1 Å². The van der Waals surface area contributed by atoms with E-state index >= 15 is 0 Å². The van der Waals surface area contributed by atoms with Gasteiger partial charge in [0.15, 0.2) is 0 Å². The number of hydrogen-bond donors (Lipinski definition) is 1. The molecular weight excluding hydrogens is 301 g/mol. The lowest BCUT2D eigenvalue weighted by Gasteiger charge is -2.19. The van der Waals surface area contributed by atoms with Crippen molar-refractivity contribution >= 4 is 5.91 Å². The predicted molar refractivity (Wildman–Crippen MR) is 94.8 cm³/mol. The lowest BCUT2D eigenvalue weighted by Crippen LogP contribution is -2.32. The monoisotopic (exact) mass is 325 g/mol. The van der Waals surface area contributed by atoms with Gasteiger partial charge in [0, 0.05) is 17.5 Å². The van der Waals surface area contributed by atoms with Gasteiger partial charge in [-0.2, -0.15) is 0 Å². The van der Waals surface area contributed by atoms with Crippen LogP contribution in [-0.2, 0) is 10.8 Å². The van der Waals surface area contributed by atoms with E-state index in [-0.39, 0.29) is 22.6 Å². The van der Waals surface area contributed by atoms with Gasteiger partial charge in [-0.15, -0.1) is 0 Å². The molecule has 1 saturated carbocycles. The molecule has 0 aromatic heterocycles. The number of carbonyl (C=O) groups is 1. The summed E-state index contributed by atoms with van der Waals surface area (Å²) in [6.45, 7) is 7.06. The second kappa shape index (κ2) is 6.04. The molecule has 1 aliphatic rings. The number of benzene rings is 2. The molecule has 0 bridgehead atoms. The Morgan fingerprint density at radius 3 is 2.12 bits per heavy atom. The van der Waals surface area contributed by atoms with Gasteiger partial charge in [0.2, 0.25) is 0 Å². The van der Waals surface area contributed by atoms with E-state index in [1.807, 2.05) is 36.4 Å². The van der Waals surface area contributed by atoms with Gasteiger partial charge in [0.05, 0.1) is 0 Å². The van der Waals surface area contributed by atoms with E-state index in [2.05, 4.69) is 26.1 Å². The second-order valence-electron chi connectivity index (χ2n) is 7.80. The highest BCUT2D eigenvalue weighted by Crippen LogP contribution is 2.47. The van der Waals surface area contributed by atoms with Crippen molar-refractivity contribution in [1.29, 1.82) is 0 Å². The Kier molecular flexibility index (Phi) is 4.20. The first-order chi connectivity index (χ1) is 11.3. The summed E-state index contributed by atoms with van der Waals surface area (Å²) in [7, 11) is 0. The van der Waals surface area contributed by atoms with E-state index in [9.17, 15) is 9.18 Å². The fourth-order valence-electron chi connectivity index (χ4n) is 2.99. The maximum Gasteiger partial charge on any atom is 0.251 e. The van der Waals surface area contributed by atoms with Crippen molar-refractivity contribution in [2.24, 2.45) is 0 Å². The highest BCUT2D eigenvalue weighted by molar-refractivity contribution is 5.94. The highest BCUT2D eigenvalue weighted by atomic mass is 19.1. The number of halogens is 1. The Hall–Kier alpha value is -2.16. The second-order valence-corrected chi connectivity index (χ2v) is 7.80. The average molecular weight is 325 g/mol. The molecule has 126 valence electrons. The number of nitrogens with one attached hydrogen (secondary N) is 1. The van der Waals surface area contributed by atoms with Crippen molar-refractivity contribution in [2.45, 2.75) is 44.4 Å². The first-order valence-electron chi connectivity index (χ1n) is 8.45. The largest absolute Gasteiger partial charge is 0.351 e. The lowest BCUT2D eigenvalue weighted by molar-refractivity contribution is 0.0949. The van der Waals surface area contributed by atoms with Gasteiger partial charge >= 0.3 is 0 Å². The number of carbonyl (C=O) groups excluding carboxylic acids is 1. The molecule has 2 aromatic carbocycles. The van der Waals surface area contributed by atoms with Crippen LogP contribution < -0.4 is 5.32 Å². The van der Waals surface area contributed by atoms with Gasteiger partial charge in [-0.05, 0) is 53.6 Å². The summed E-state index contributed by atoms with van der Waals surface area (Å²) in [4.78, 5) is 12.4. The van der Waals surface area contributed by atoms with Crippen LogP contribution in [0.25, 0.3) is 0 Å². The molecule has 2 aromatic rings. The van der Waals surface area contributed by atoms with Crippen molar-refractivity contribution in [1.82, 2.24) is 5.32 Å². The zero-order valence-corrected chi connectivity index (χ0v) is 14.5. The van der Waals surface area contributed by atoms with Gasteiger partial charge in [0.1, 0.15) is 5.82 Å². The summed E-state index contributed by atoms with van der Waals surface area (Å²) in [6, 6.07) is 14.4. The number of hydrogen-bond acceptors (Lipinski definition) is 1. The summed E-state index contributed by atoms with van der Waals surface area (Å²) in [5.74, 6) is -0.277. The molecule has 0 saturated heterocycles. The highest BCUT2D eigenvalue weighted by Gasteiger charge is 2.44. The number of amides is 1. The molecular formula is C21H24FNO. The number of rotatable bonds is 4. The van der Waals surface area contributed by atoms with E-state index in [0.717, 1.165) is 18.4 Å². The fourth-order valence-corrected chi connectivity index (χ4v) is 2.99. The predicted octanol–water partition coefficient (Wildman–Crippen LogP) is 4.58. The summed E-state index contributed by atoms with van der Waals surface area (Å²) in [6.07, 6.45) is 2.06. The molecule has 0 heterocycles. The summed E-state index contributed by atoms with van der Waals surface area (Å²) >= 11 is 0. The third kappa shape index (κ3) is 3.50. The van der Waals surface area contributed by atoms with Gasteiger partial charge in [-0.1, -0.05) is 45.0 Å². The standard InChI is InChI=1S/C21H24FNO/c1-20(2,3)16-6-4-15(5-7-16)19(24)23-14-21(12-13-21)17-8-10-18(22)11-9-17/h4-11H,12-14H2,1-3H3,(H,23,24). The van der Waals surface area contributed by atoms with Crippen LogP contribution in [0.3, 0.4) is 0 Å². The van der Waals surface area contributed by atoms with Crippen molar-refractivity contribution in [2.75, 3.05) is 6.54 Å². The molecule has 3 rings (SSSR count). The van der Waals surface area contributed by atoms with Crippen LogP contribution >= 0.6 is 0 Å². The molecule has 1 amide bonds. The Labute approximate surface area is 143 Å². The van der Waals surface area contributed by atoms with Gasteiger partial charge in [0.25, 0.3) is 5.91 Å². The Morgan fingerprint density at radius 1 is 1.04 bits per heavy atom. The van der Waals surface area contributed by atoms with Crippen LogP contribution in [-0.4, -0.2) is 12.5 Å². The van der Waals surface area contributed by atoms with E-state index in [1.54, 1.807) is 0 Å². The first kappa shape index (κ1) is 16.7. The molecule has 2 nitrogen and oxygen atoms in total. The summed E-state index contributed by atoms with van der Waals surface area (Å²) in [5, 5.41) is 3.04.